The molecule has 0 aliphatic carbocycles. The highest BCUT2D eigenvalue weighted by molar-refractivity contribution is 5.39. The van der Waals surface area contributed by atoms with Crippen molar-refractivity contribution in [1.29, 1.82) is 0 Å². The molecule has 19 heavy (non-hydrogen) atoms. The summed E-state index contributed by atoms with van der Waals surface area (Å²) in [6.45, 7) is 2.10. The van der Waals surface area contributed by atoms with Crippen molar-refractivity contribution in [3.05, 3.63) is 29.6 Å². The van der Waals surface area contributed by atoms with Gasteiger partial charge < -0.3 is 15.4 Å². The van der Waals surface area contributed by atoms with Crippen LogP contribution >= 0.6 is 0 Å². The van der Waals surface area contributed by atoms with E-state index in [1.165, 1.54) is 12.1 Å². The first-order valence-corrected chi connectivity index (χ1v) is 7.01. The van der Waals surface area contributed by atoms with E-state index in [0.29, 0.717) is 5.75 Å². The first kappa shape index (κ1) is 12.9. The van der Waals surface area contributed by atoms with Crippen LogP contribution in [0.15, 0.2) is 18.2 Å². The topological polar surface area (TPSA) is 38.5 Å². The molecular formula is C15H21FN2O. The van der Waals surface area contributed by atoms with Crippen molar-refractivity contribution in [2.75, 3.05) is 20.1 Å². The summed E-state index contributed by atoms with van der Waals surface area (Å²) < 4.78 is 19.6. The van der Waals surface area contributed by atoms with Gasteiger partial charge in [0.25, 0.3) is 0 Å². The van der Waals surface area contributed by atoms with Crippen LogP contribution in [0.1, 0.15) is 37.3 Å². The fraction of sp³-hybridized carbons (Fsp3) is 0.600. The smallest absolute Gasteiger partial charge is 0.127 e. The molecule has 0 aromatic heterocycles. The van der Waals surface area contributed by atoms with Crippen LogP contribution in [-0.2, 0) is 0 Å². The second-order valence-electron chi connectivity index (χ2n) is 5.93. The predicted octanol–water partition coefficient (Wildman–Crippen LogP) is 2.46. The van der Waals surface area contributed by atoms with Crippen LogP contribution in [-0.4, -0.2) is 30.6 Å². The Labute approximate surface area is 113 Å². The van der Waals surface area contributed by atoms with Gasteiger partial charge in [-0.25, -0.2) is 4.39 Å². The summed E-state index contributed by atoms with van der Waals surface area (Å²) >= 11 is 0. The first-order chi connectivity index (χ1) is 9.08. The number of rotatable bonds is 0. The molecule has 2 unspecified atom stereocenters. The van der Waals surface area contributed by atoms with E-state index >= 15 is 0 Å². The highest BCUT2D eigenvalue weighted by atomic mass is 19.1. The van der Waals surface area contributed by atoms with Crippen LogP contribution in [0, 0.1) is 5.82 Å². The van der Waals surface area contributed by atoms with E-state index in [0.717, 1.165) is 44.3 Å². The minimum Gasteiger partial charge on any atom is -0.487 e. The lowest BCUT2D eigenvalue weighted by molar-refractivity contribution is 0.0220. The molecule has 2 aliphatic heterocycles. The SMILES string of the molecule is CN1CCCC2(CC1)CC(N)c1ccc(F)cc1O2. The number of ether oxygens (including phenoxy) is 1. The van der Waals surface area contributed by atoms with Crippen molar-refractivity contribution >= 4 is 0 Å². The van der Waals surface area contributed by atoms with Gasteiger partial charge in [-0.15, -0.1) is 0 Å². The minimum absolute atomic E-state index is 0.0484. The number of halogens is 1. The van der Waals surface area contributed by atoms with Gasteiger partial charge in [0.05, 0.1) is 0 Å². The average Bonchev–Trinajstić information content (AvgIpc) is 2.52. The summed E-state index contributed by atoms with van der Waals surface area (Å²) in [6, 6.07) is 4.64. The second kappa shape index (κ2) is 4.76. The van der Waals surface area contributed by atoms with Gasteiger partial charge in [-0.2, -0.15) is 0 Å². The van der Waals surface area contributed by atoms with Crippen LogP contribution in [0.2, 0.25) is 0 Å². The summed E-state index contributed by atoms with van der Waals surface area (Å²) in [7, 11) is 2.13. The number of fused-ring (bicyclic) bond motifs is 1. The van der Waals surface area contributed by atoms with E-state index in [1.807, 2.05) is 0 Å². The van der Waals surface area contributed by atoms with E-state index in [9.17, 15) is 4.39 Å². The number of hydrogen-bond acceptors (Lipinski definition) is 3. The van der Waals surface area contributed by atoms with Crippen LogP contribution in [0.25, 0.3) is 0 Å². The van der Waals surface area contributed by atoms with Crippen molar-refractivity contribution in [3.63, 3.8) is 0 Å². The molecule has 0 saturated carbocycles. The lowest BCUT2D eigenvalue weighted by Crippen LogP contribution is -2.43. The zero-order valence-corrected chi connectivity index (χ0v) is 11.4. The molecule has 0 bridgehead atoms. The first-order valence-electron chi connectivity index (χ1n) is 7.01. The lowest BCUT2D eigenvalue weighted by Gasteiger charge is -2.41. The maximum absolute atomic E-state index is 13.4. The van der Waals surface area contributed by atoms with Crippen molar-refractivity contribution in [1.82, 2.24) is 4.90 Å². The van der Waals surface area contributed by atoms with Crippen molar-refractivity contribution in [2.24, 2.45) is 5.73 Å². The third-order valence-electron chi connectivity index (χ3n) is 4.41. The molecule has 2 aliphatic rings. The molecule has 2 N–H and O–H groups in total. The molecule has 1 saturated heterocycles. The molecule has 1 aromatic carbocycles. The van der Waals surface area contributed by atoms with E-state index in [4.69, 9.17) is 10.5 Å². The molecule has 104 valence electrons. The Bertz CT molecular complexity index is 479. The third-order valence-corrected chi connectivity index (χ3v) is 4.41. The van der Waals surface area contributed by atoms with E-state index in [2.05, 4.69) is 11.9 Å². The van der Waals surface area contributed by atoms with Gasteiger partial charge in [0, 0.05) is 30.6 Å². The largest absolute Gasteiger partial charge is 0.487 e. The fourth-order valence-electron chi connectivity index (χ4n) is 3.30. The molecule has 3 rings (SSSR count). The van der Waals surface area contributed by atoms with Gasteiger partial charge in [0.15, 0.2) is 0 Å². The quantitative estimate of drug-likeness (QED) is 0.782. The zero-order valence-electron chi connectivity index (χ0n) is 11.4. The van der Waals surface area contributed by atoms with Crippen molar-refractivity contribution < 1.29 is 9.13 Å². The normalized spacial score (nSPS) is 31.6. The summed E-state index contributed by atoms with van der Waals surface area (Å²) in [5.74, 6) is 0.386. The number of nitrogens with zero attached hydrogens (tertiary/aromatic N) is 1. The Balaban J connectivity index is 1.90. The Hall–Kier alpha value is -1.13. The van der Waals surface area contributed by atoms with Crippen LogP contribution in [0.5, 0.6) is 5.75 Å². The van der Waals surface area contributed by atoms with Crippen LogP contribution in [0.4, 0.5) is 4.39 Å². The molecular weight excluding hydrogens is 243 g/mol. The molecule has 1 aromatic rings. The summed E-state index contributed by atoms with van der Waals surface area (Å²) in [4.78, 5) is 2.32. The minimum atomic E-state index is -0.256. The summed E-state index contributed by atoms with van der Waals surface area (Å²) in [5.41, 5.74) is 7.00. The molecule has 0 amide bonds. The molecule has 1 spiro atoms. The second-order valence-corrected chi connectivity index (χ2v) is 5.93. The van der Waals surface area contributed by atoms with Crippen molar-refractivity contribution in [2.45, 2.75) is 37.3 Å². The van der Waals surface area contributed by atoms with E-state index < -0.39 is 0 Å². The lowest BCUT2D eigenvalue weighted by atomic mass is 9.82. The van der Waals surface area contributed by atoms with Gasteiger partial charge in [-0.1, -0.05) is 6.07 Å². The summed E-state index contributed by atoms with van der Waals surface area (Å²) in [6.07, 6.45) is 3.90. The third kappa shape index (κ3) is 2.47. The van der Waals surface area contributed by atoms with Crippen LogP contribution in [0.3, 0.4) is 0 Å². The number of benzene rings is 1. The van der Waals surface area contributed by atoms with E-state index in [-0.39, 0.29) is 17.5 Å². The Morgan fingerprint density at radius 3 is 3.05 bits per heavy atom. The standard InChI is InChI=1S/C15H21FN2O/c1-18-7-2-5-15(6-8-18)10-13(17)12-4-3-11(16)9-14(12)19-15/h3-4,9,13H,2,5-8,10,17H2,1H3. The monoisotopic (exact) mass is 264 g/mol. The maximum atomic E-state index is 13.4. The van der Waals surface area contributed by atoms with Gasteiger partial charge in [-0.3, -0.25) is 0 Å². The maximum Gasteiger partial charge on any atom is 0.127 e. The van der Waals surface area contributed by atoms with Gasteiger partial charge in [0.1, 0.15) is 17.2 Å². The molecule has 2 atom stereocenters. The Kier molecular flexibility index (Phi) is 3.23. The average molecular weight is 264 g/mol. The molecule has 0 radical (unpaired) electrons. The number of nitrogens with two attached hydrogens (primary N) is 1. The van der Waals surface area contributed by atoms with Gasteiger partial charge in [-0.05, 0) is 38.9 Å². The highest BCUT2D eigenvalue weighted by Crippen LogP contribution is 2.43. The fourth-order valence-corrected chi connectivity index (χ4v) is 3.30. The molecule has 2 heterocycles. The molecule has 4 heteroatoms. The molecule has 1 fully saturated rings. The number of likely N-dealkylation sites (tertiary alicyclic amines) is 1. The van der Waals surface area contributed by atoms with Crippen molar-refractivity contribution in [3.8, 4) is 5.75 Å². The van der Waals surface area contributed by atoms with Crippen LogP contribution < -0.4 is 10.5 Å². The van der Waals surface area contributed by atoms with Gasteiger partial charge >= 0.3 is 0 Å². The predicted molar refractivity (Wildman–Crippen MR) is 72.7 cm³/mol. The number of hydrogen-bond donors (Lipinski definition) is 1. The Morgan fingerprint density at radius 2 is 2.21 bits per heavy atom. The van der Waals surface area contributed by atoms with Gasteiger partial charge in [0.2, 0.25) is 0 Å². The zero-order chi connectivity index (χ0) is 13.5. The van der Waals surface area contributed by atoms with E-state index in [1.54, 1.807) is 6.07 Å². The Morgan fingerprint density at radius 1 is 1.37 bits per heavy atom. The molecule has 3 nitrogen and oxygen atoms in total. The summed E-state index contributed by atoms with van der Waals surface area (Å²) in [5, 5.41) is 0. The highest BCUT2D eigenvalue weighted by Gasteiger charge is 2.40.